The first kappa shape index (κ1) is 17.6. The molecule has 1 aromatic rings. The first-order valence-electron chi connectivity index (χ1n) is 6.39. The van der Waals surface area contributed by atoms with Crippen LogP contribution in [0.1, 0.15) is 35.3 Å². The number of carbonyl (C=O) groups is 1. The minimum atomic E-state index is -3.80. The van der Waals surface area contributed by atoms with Crippen molar-refractivity contribution in [3.63, 3.8) is 0 Å². The van der Waals surface area contributed by atoms with Crippen LogP contribution in [0.5, 0.6) is 0 Å². The zero-order valence-corrected chi connectivity index (χ0v) is 13.7. The van der Waals surface area contributed by atoms with Gasteiger partial charge in [0.05, 0.1) is 16.1 Å². The molecule has 0 spiro atoms. The number of sulfonamides is 1. The van der Waals surface area contributed by atoms with Crippen molar-refractivity contribution in [3.05, 3.63) is 28.8 Å². The summed E-state index contributed by atoms with van der Waals surface area (Å²) < 4.78 is 32.3. The van der Waals surface area contributed by atoms with E-state index in [1.807, 2.05) is 0 Å². The highest BCUT2D eigenvalue weighted by molar-refractivity contribution is 7.89. The van der Waals surface area contributed by atoms with Gasteiger partial charge >= 0.3 is 5.97 Å². The molecule has 7 heteroatoms. The normalized spacial score (nSPS) is 12.4. The molecule has 0 aliphatic carbocycles. The van der Waals surface area contributed by atoms with E-state index in [0.717, 1.165) is 0 Å². The van der Waals surface area contributed by atoms with Gasteiger partial charge < -0.3 is 9.84 Å². The summed E-state index contributed by atoms with van der Waals surface area (Å²) in [5.74, 6) is -1.15. The lowest BCUT2D eigenvalue weighted by atomic mass is 10.1. The molecule has 0 aliphatic rings. The second-order valence-corrected chi connectivity index (χ2v) is 7.26. The van der Waals surface area contributed by atoms with E-state index in [0.29, 0.717) is 11.1 Å². The maximum absolute atomic E-state index is 12.3. The first-order valence-corrected chi connectivity index (χ1v) is 7.88. The van der Waals surface area contributed by atoms with Crippen molar-refractivity contribution < 1.29 is 23.1 Å². The van der Waals surface area contributed by atoms with Crippen molar-refractivity contribution in [1.82, 2.24) is 4.72 Å². The summed E-state index contributed by atoms with van der Waals surface area (Å²) in [4.78, 5) is 11.1. The summed E-state index contributed by atoms with van der Waals surface area (Å²) in [7, 11) is -2.31. The number of hydrogen-bond donors (Lipinski definition) is 2. The Labute approximate surface area is 125 Å². The molecule has 0 aromatic heterocycles. The van der Waals surface area contributed by atoms with E-state index in [1.54, 1.807) is 33.8 Å². The quantitative estimate of drug-likeness (QED) is 0.833. The second-order valence-electron chi connectivity index (χ2n) is 5.53. The monoisotopic (exact) mass is 315 g/mol. The lowest BCUT2D eigenvalue weighted by Crippen LogP contribution is -2.39. The molecule has 0 bridgehead atoms. The van der Waals surface area contributed by atoms with Crippen molar-refractivity contribution in [1.29, 1.82) is 0 Å². The Balaban J connectivity index is 3.20. The number of ether oxygens (including phenoxy) is 1. The van der Waals surface area contributed by atoms with E-state index in [9.17, 15) is 13.2 Å². The number of carboxylic acids is 1. The van der Waals surface area contributed by atoms with Gasteiger partial charge in [-0.3, -0.25) is 0 Å². The van der Waals surface area contributed by atoms with Crippen molar-refractivity contribution in [2.24, 2.45) is 0 Å². The molecule has 21 heavy (non-hydrogen) atoms. The summed E-state index contributed by atoms with van der Waals surface area (Å²) in [6.45, 7) is 6.85. The summed E-state index contributed by atoms with van der Waals surface area (Å²) in [5, 5.41) is 9.11. The van der Waals surface area contributed by atoms with E-state index < -0.39 is 21.6 Å². The smallest absolute Gasteiger partial charge is 0.335 e. The zero-order valence-electron chi connectivity index (χ0n) is 12.9. The van der Waals surface area contributed by atoms with Crippen LogP contribution in [0.25, 0.3) is 0 Å². The van der Waals surface area contributed by atoms with Crippen molar-refractivity contribution >= 4 is 16.0 Å². The van der Waals surface area contributed by atoms with Gasteiger partial charge in [-0.1, -0.05) is 6.07 Å². The van der Waals surface area contributed by atoms with Crippen LogP contribution in [0.3, 0.4) is 0 Å². The number of methoxy groups -OCH3 is 1. The summed E-state index contributed by atoms with van der Waals surface area (Å²) >= 11 is 0. The number of aryl methyl sites for hydroxylation is 2. The van der Waals surface area contributed by atoms with Gasteiger partial charge in [0.15, 0.2) is 0 Å². The second kappa shape index (κ2) is 6.13. The average Bonchev–Trinajstić information content (AvgIpc) is 2.36. The standard InChI is InChI=1S/C14H21NO5S/c1-9-6-10(2)12(7-11(9)13(16)17)21(18,19)15-8-14(3,4)20-5/h6-7,15H,8H2,1-5H3,(H,16,17). The lowest BCUT2D eigenvalue weighted by molar-refractivity contribution is 0.0276. The molecule has 2 N–H and O–H groups in total. The fraction of sp³-hybridized carbons (Fsp3) is 0.500. The Morgan fingerprint density at radius 1 is 1.29 bits per heavy atom. The maximum atomic E-state index is 12.3. The number of benzene rings is 1. The third-order valence-electron chi connectivity index (χ3n) is 3.28. The largest absolute Gasteiger partial charge is 0.478 e. The van der Waals surface area contributed by atoms with Crippen LogP contribution < -0.4 is 4.72 Å². The molecule has 0 amide bonds. The molecule has 0 atom stereocenters. The van der Waals surface area contributed by atoms with Gasteiger partial charge in [-0.05, 0) is 44.9 Å². The Bertz CT molecular complexity index is 650. The van der Waals surface area contributed by atoms with Gasteiger partial charge in [0.1, 0.15) is 0 Å². The fourth-order valence-corrected chi connectivity index (χ4v) is 3.22. The van der Waals surface area contributed by atoms with Crippen LogP contribution in [-0.4, -0.2) is 38.7 Å². The van der Waals surface area contributed by atoms with Crippen molar-refractivity contribution in [2.75, 3.05) is 13.7 Å². The molecular weight excluding hydrogens is 294 g/mol. The van der Waals surface area contributed by atoms with Crippen LogP contribution in [0.4, 0.5) is 0 Å². The topological polar surface area (TPSA) is 92.7 Å². The maximum Gasteiger partial charge on any atom is 0.335 e. The van der Waals surface area contributed by atoms with E-state index in [1.165, 1.54) is 13.2 Å². The van der Waals surface area contributed by atoms with Crippen LogP contribution in [0, 0.1) is 13.8 Å². The Kier molecular flexibility index (Phi) is 5.14. The minimum absolute atomic E-state index is 0.0213. The third kappa shape index (κ3) is 4.26. The Hall–Kier alpha value is -1.44. The SMILES string of the molecule is COC(C)(C)CNS(=O)(=O)c1cc(C(=O)O)c(C)cc1C. The molecule has 0 heterocycles. The number of rotatable bonds is 6. The lowest BCUT2D eigenvalue weighted by Gasteiger charge is -2.23. The predicted molar refractivity (Wildman–Crippen MR) is 79.2 cm³/mol. The molecule has 1 aromatic carbocycles. The molecular formula is C14H21NO5S. The van der Waals surface area contributed by atoms with Gasteiger partial charge in [0.2, 0.25) is 10.0 Å². The predicted octanol–water partition coefficient (Wildman–Crippen LogP) is 1.70. The molecule has 1 rings (SSSR count). The van der Waals surface area contributed by atoms with Gasteiger partial charge in [0, 0.05) is 13.7 Å². The van der Waals surface area contributed by atoms with Gasteiger partial charge in [-0.25, -0.2) is 17.9 Å². The number of aromatic carboxylic acids is 1. The van der Waals surface area contributed by atoms with E-state index in [-0.39, 0.29) is 17.0 Å². The van der Waals surface area contributed by atoms with Crippen LogP contribution in [0.2, 0.25) is 0 Å². The van der Waals surface area contributed by atoms with E-state index in [2.05, 4.69) is 4.72 Å². The molecule has 6 nitrogen and oxygen atoms in total. The average molecular weight is 315 g/mol. The fourth-order valence-electron chi connectivity index (χ4n) is 1.77. The highest BCUT2D eigenvalue weighted by Crippen LogP contribution is 2.21. The van der Waals surface area contributed by atoms with Crippen LogP contribution >= 0.6 is 0 Å². The summed E-state index contributed by atoms with van der Waals surface area (Å²) in [5.41, 5.74) is 0.352. The first-order chi connectivity index (χ1) is 9.50. The Morgan fingerprint density at radius 3 is 2.33 bits per heavy atom. The highest BCUT2D eigenvalue weighted by atomic mass is 32.2. The van der Waals surface area contributed by atoms with Crippen LogP contribution in [0.15, 0.2) is 17.0 Å². The van der Waals surface area contributed by atoms with Gasteiger partial charge in [-0.15, -0.1) is 0 Å². The molecule has 0 aliphatic heterocycles. The van der Waals surface area contributed by atoms with Crippen LogP contribution in [-0.2, 0) is 14.8 Å². The zero-order chi connectivity index (χ0) is 16.4. The van der Waals surface area contributed by atoms with Gasteiger partial charge in [-0.2, -0.15) is 0 Å². The summed E-state index contributed by atoms with van der Waals surface area (Å²) in [6.07, 6.45) is 0. The third-order valence-corrected chi connectivity index (χ3v) is 4.83. The van der Waals surface area contributed by atoms with Crippen molar-refractivity contribution in [3.8, 4) is 0 Å². The number of nitrogens with one attached hydrogen (secondary N) is 1. The molecule has 0 fully saturated rings. The van der Waals surface area contributed by atoms with Gasteiger partial charge in [0.25, 0.3) is 0 Å². The molecule has 118 valence electrons. The number of carboxylic acid groups (broad SMARTS) is 1. The Morgan fingerprint density at radius 2 is 1.86 bits per heavy atom. The summed E-state index contributed by atoms with van der Waals surface area (Å²) in [6, 6.07) is 2.74. The highest BCUT2D eigenvalue weighted by Gasteiger charge is 2.24. The molecule has 0 saturated heterocycles. The minimum Gasteiger partial charge on any atom is -0.478 e. The van der Waals surface area contributed by atoms with Crippen molar-refractivity contribution in [2.45, 2.75) is 38.2 Å². The number of hydrogen-bond acceptors (Lipinski definition) is 4. The molecule has 0 unspecified atom stereocenters. The van der Waals surface area contributed by atoms with E-state index in [4.69, 9.17) is 9.84 Å². The molecule has 0 saturated carbocycles. The van der Waals surface area contributed by atoms with E-state index >= 15 is 0 Å². The molecule has 0 radical (unpaired) electrons.